The largest absolute Gasteiger partial charge is 0.350 e. The molecule has 0 aliphatic rings. The average molecular weight is 304 g/mol. The number of nitrogens with one attached hydrogen (secondary N) is 2. The van der Waals surface area contributed by atoms with Crippen LogP contribution in [0.25, 0.3) is 0 Å². The van der Waals surface area contributed by atoms with Crippen molar-refractivity contribution >= 4 is 11.8 Å². The molecule has 1 aromatic rings. The van der Waals surface area contributed by atoms with Crippen LogP contribution in [0.4, 0.5) is 0 Å². The minimum atomic E-state index is -0.575. The molecule has 0 saturated heterocycles. The Kier molecular flexibility index (Phi) is 5.39. The molecule has 1 aromatic carbocycles. The lowest BCUT2D eigenvalue weighted by atomic mass is 9.86. The maximum absolute atomic E-state index is 12.2. The molecule has 0 unspecified atom stereocenters. The fourth-order valence-corrected chi connectivity index (χ4v) is 1.94. The first kappa shape index (κ1) is 18.2. The fourth-order valence-electron chi connectivity index (χ4n) is 1.94. The Morgan fingerprint density at radius 1 is 0.955 bits per heavy atom. The van der Waals surface area contributed by atoms with Gasteiger partial charge in [-0.15, -0.1) is 0 Å². The lowest BCUT2D eigenvalue weighted by molar-refractivity contribution is -0.124. The van der Waals surface area contributed by atoms with Gasteiger partial charge in [-0.05, 0) is 50.8 Å². The van der Waals surface area contributed by atoms with Gasteiger partial charge in [0.15, 0.2) is 0 Å². The van der Waals surface area contributed by atoms with E-state index in [9.17, 15) is 9.59 Å². The third kappa shape index (κ3) is 5.51. The smallest absolute Gasteiger partial charge is 0.251 e. The molecule has 122 valence electrons. The molecule has 22 heavy (non-hydrogen) atoms. The van der Waals surface area contributed by atoms with Crippen LogP contribution < -0.4 is 10.6 Å². The number of hydrogen-bond acceptors (Lipinski definition) is 2. The molecular formula is C18H28N2O2. The van der Waals surface area contributed by atoms with Crippen LogP contribution in [-0.4, -0.2) is 23.4 Å². The van der Waals surface area contributed by atoms with Crippen LogP contribution in [0.15, 0.2) is 24.3 Å². The van der Waals surface area contributed by atoms with E-state index in [1.54, 1.807) is 19.1 Å². The van der Waals surface area contributed by atoms with E-state index in [2.05, 4.69) is 31.4 Å². The van der Waals surface area contributed by atoms with E-state index < -0.39 is 6.04 Å². The van der Waals surface area contributed by atoms with Crippen molar-refractivity contribution < 1.29 is 9.59 Å². The SMILES string of the molecule is C[C@H](NC(=O)c1ccc(C(C)(C)C)cc1)C(=O)NC(C)(C)C. The van der Waals surface area contributed by atoms with Crippen molar-refractivity contribution in [2.45, 2.75) is 65.5 Å². The third-order valence-corrected chi connectivity index (χ3v) is 3.25. The Labute approximate surface area is 133 Å². The molecule has 2 N–H and O–H groups in total. The van der Waals surface area contributed by atoms with E-state index in [1.807, 2.05) is 32.9 Å². The van der Waals surface area contributed by atoms with Crippen molar-refractivity contribution in [1.82, 2.24) is 10.6 Å². The molecule has 0 fully saturated rings. The average Bonchev–Trinajstić information content (AvgIpc) is 2.35. The molecule has 0 spiro atoms. The minimum absolute atomic E-state index is 0.0505. The highest BCUT2D eigenvalue weighted by Crippen LogP contribution is 2.22. The zero-order valence-corrected chi connectivity index (χ0v) is 14.7. The van der Waals surface area contributed by atoms with Gasteiger partial charge in [-0.1, -0.05) is 32.9 Å². The summed E-state index contributed by atoms with van der Waals surface area (Å²) in [5.41, 5.74) is 1.46. The highest BCUT2D eigenvalue weighted by molar-refractivity contribution is 5.97. The number of benzene rings is 1. The van der Waals surface area contributed by atoms with Gasteiger partial charge in [-0.2, -0.15) is 0 Å². The molecule has 0 radical (unpaired) electrons. The molecule has 0 aliphatic carbocycles. The van der Waals surface area contributed by atoms with Gasteiger partial charge in [0.1, 0.15) is 6.04 Å². The van der Waals surface area contributed by atoms with Crippen LogP contribution in [0.3, 0.4) is 0 Å². The highest BCUT2D eigenvalue weighted by atomic mass is 16.2. The summed E-state index contributed by atoms with van der Waals surface area (Å²) in [6, 6.07) is 6.92. The van der Waals surface area contributed by atoms with Gasteiger partial charge >= 0.3 is 0 Å². The molecule has 0 heterocycles. The van der Waals surface area contributed by atoms with Crippen LogP contribution >= 0.6 is 0 Å². The van der Waals surface area contributed by atoms with Gasteiger partial charge in [0.25, 0.3) is 5.91 Å². The Morgan fingerprint density at radius 2 is 1.45 bits per heavy atom. The molecule has 1 rings (SSSR count). The van der Waals surface area contributed by atoms with Crippen LogP contribution in [0, 0.1) is 0 Å². The second-order valence-corrected chi connectivity index (χ2v) is 7.76. The van der Waals surface area contributed by atoms with Crippen LogP contribution in [-0.2, 0) is 10.2 Å². The molecule has 4 heteroatoms. The Morgan fingerprint density at radius 3 is 1.86 bits per heavy atom. The summed E-state index contributed by atoms with van der Waals surface area (Å²) in [6.07, 6.45) is 0. The van der Waals surface area contributed by atoms with E-state index >= 15 is 0 Å². The zero-order valence-electron chi connectivity index (χ0n) is 14.7. The lowest BCUT2D eigenvalue weighted by Gasteiger charge is -2.23. The van der Waals surface area contributed by atoms with Gasteiger partial charge in [0, 0.05) is 11.1 Å². The summed E-state index contributed by atoms with van der Waals surface area (Å²) in [5, 5.41) is 5.58. The van der Waals surface area contributed by atoms with E-state index in [1.165, 1.54) is 5.56 Å². The summed E-state index contributed by atoms with van der Waals surface area (Å²) in [7, 11) is 0. The normalized spacial score (nSPS) is 13.4. The zero-order chi connectivity index (χ0) is 17.1. The molecule has 1 atom stereocenters. The van der Waals surface area contributed by atoms with Crippen LogP contribution in [0.1, 0.15) is 64.4 Å². The topological polar surface area (TPSA) is 58.2 Å². The standard InChI is InChI=1S/C18H28N2O2/c1-12(15(21)20-18(5,6)7)19-16(22)13-8-10-14(11-9-13)17(2,3)4/h8-12H,1-7H3,(H,19,22)(H,20,21)/t12-/m0/s1. The van der Waals surface area contributed by atoms with Gasteiger partial charge in [0.2, 0.25) is 5.91 Å². The lowest BCUT2D eigenvalue weighted by Crippen LogP contribution is -2.50. The Balaban J connectivity index is 2.71. The summed E-state index contributed by atoms with van der Waals surface area (Å²) in [6.45, 7) is 13.8. The van der Waals surface area contributed by atoms with E-state index in [0.717, 1.165) is 0 Å². The molecule has 0 saturated carbocycles. The maximum Gasteiger partial charge on any atom is 0.251 e. The van der Waals surface area contributed by atoms with E-state index in [-0.39, 0.29) is 22.8 Å². The first-order chi connectivity index (χ1) is 9.90. The number of amides is 2. The molecule has 4 nitrogen and oxygen atoms in total. The summed E-state index contributed by atoms with van der Waals surface area (Å²) >= 11 is 0. The van der Waals surface area contributed by atoms with Crippen molar-refractivity contribution in [2.75, 3.05) is 0 Å². The quantitative estimate of drug-likeness (QED) is 0.902. The number of hydrogen-bond donors (Lipinski definition) is 2. The molecule has 0 aromatic heterocycles. The van der Waals surface area contributed by atoms with E-state index in [0.29, 0.717) is 5.56 Å². The van der Waals surface area contributed by atoms with Gasteiger partial charge in [-0.25, -0.2) is 0 Å². The van der Waals surface area contributed by atoms with Gasteiger partial charge in [-0.3, -0.25) is 9.59 Å². The first-order valence-electron chi connectivity index (χ1n) is 7.63. The van der Waals surface area contributed by atoms with Crippen LogP contribution in [0.2, 0.25) is 0 Å². The number of carbonyl (C=O) groups excluding carboxylic acids is 2. The van der Waals surface area contributed by atoms with E-state index in [4.69, 9.17) is 0 Å². The van der Waals surface area contributed by atoms with Crippen molar-refractivity contribution in [3.05, 3.63) is 35.4 Å². The highest BCUT2D eigenvalue weighted by Gasteiger charge is 2.21. The van der Waals surface area contributed by atoms with Crippen molar-refractivity contribution in [1.29, 1.82) is 0 Å². The minimum Gasteiger partial charge on any atom is -0.350 e. The van der Waals surface area contributed by atoms with Crippen LogP contribution in [0.5, 0.6) is 0 Å². The molecule has 0 aliphatic heterocycles. The first-order valence-corrected chi connectivity index (χ1v) is 7.63. The number of rotatable bonds is 3. The maximum atomic E-state index is 12.2. The summed E-state index contributed by atoms with van der Waals surface area (Å²) in [5.74, 6) is -0.427. The fraction of sp³-hybridized carbons (Fsp3) is 0.556. The van der Waals surface area contributed by atoms with Gasteiger partial charge < -0.3 is 10.6 Å². The Bertz CT molecular complexity index is 534. The second kappa shape index (κ2) is 6.51. The number of carbonyl (C=O) groups is 2. The molecule has 2 amide bonds. The van der Waals surface area contributed by atoms with Gasteiger partial charge in [0.05, 0.1) is 0 Å². The monoisotopic (exact) mass is 304 g/mol. The summed E-state index contributed by atoms with van der Waals surface area (Å²) in [4.78, 5) is 24.2. The van der Waals surface area contributed by atoms with Crippen molar-refractivity contribution in [2.24, 2.45) is 0 Å². The molecular weight excluding hydrogens is 276 g/mol. The second-order valence-electron chi connectivity index (χ2n) is 7.76. The summed E-state index contributed by atoms with van der Waals surface area (Å²) < 4.78 is 0. The molecule has 0 bridgehead atoms. The Hall–Kier alpha value is -1.84. The van der Waals surface area contributed by atoms with Crippen molar-refractivity contribution in [3.63, 3.8) is 0 Å². The predicted octanol–water partition coefficient (Wildman–Crippen LogP) is 3.02. The third-order valence-electron chi connectivity index (χ3n) is 3.25. The van der Waals surface area contributed by atoms with Crippen molar-refractivity contribution in [3.8, 4) is 0 Å². The predicted molar refractivity (Wildman–Crippen MR) is 90.0 cm³/mol.